The van der Waals surface area contributed by atoms with Gasteiger partial charge < -0.3 is 10.2 Å². The van der Waals surface area contributed by atoms with Crippen molar-refractivity contribution in [3.05, 3.63) is 22.7 Å². The second-order valence-electron chi connectivity index (χ2n) is 6.36. The van der Waals surface area contributed by atoms with Crippen LogP contribution in [0.25, 0.3) is 10.6 Å². The molecule has 2 atom stereocenters. The molecule has 0 amide bonds. The Labute approximate surface area is 157 Å². The van der Waals surface area contributed by atoms with Gasteiger partial charge in [-0.2, -0.15) is 22.6 Å². The highest BCUT2D eigenvalue weighted by Gasteiger charge is 2.36. The number of aryl methyl sites for hydroxylation is 1. The van der Waals surface area contributed by atoms with E-state index in [2.05, 4.69) is 5.10 Å². The molecule has 0 spiro atoms. The second-order valence-corrected chi connectivity index (χ2v) is 9.52. The third-order valence-electron chi connectivity index (χ3n) is 4.54. The molecule has 3 rings (SSSR count). The van der Waals surface area contributed by atoms with Crippen LogP contribution in [-0.4, -0.2) is 58.9 Å². The molecule has 12 heteroatoms. The topological polar surface area (TPSA) is 107 Å². The normalized spacial score (nSPS) is 22.3. The fourth-order valence-electron chi connectivity index (χ4n) is 2.96. The molecule has 0 radical (unpaired) electrons. The van der Waals surface area contributed by atoms with E-state index in [4.69, 9.17) is 0 Å². The number of alkyl halides is 3. The number of nitrogens with one attached hydrogen (secondary N) is 1. The molecular weight excluding hydrogens is 407 g/mol. The lowest BCUT2D eigenvalue weighted by molar-refractivity contribution is -0.141. The first-order chi connectivity index (χ1) is 12.5. The number of aromatic nitrogens is 2. The molecule has 1 saturated heterocycles. The number of halogens is 3. The number of aromatic amines is 1. The van der Waals surface area contributed by atoms with Gasteiger partial charge in [0.05, 0.1) is 15.9 Å². The molecule has 0 unspecified atom stereocenters. The van der Waals surface area contributed by atoms with Gasteiger partial charge in [-0.3, -0.25) is 5.10 Å². The smallest absolute Gasteiger partial charge is 0.396 e. The minimum atomic E-state index is -4.57. The summed E-state index contributed by atoms with van der Waals surface area (Å²) in [6.07, 6.45) is -5.22. The van der Waals surface area contributed by atoms with Crippen molar-refractivity contribution in [1.29, 1.82) is 0 Å². The highest BCUT2D eigenvalue weighted by molar-refractivity contribution is 7.89. The summed E-state index contributed by atoms with van der Waals surface area (Å²) >= 11 is 1.03. The van der Waals surface area contributed by atoms with Gasteiger partial charge in [-0.15, -0.1) is 11.3 Å². The van der Waals surface area contributed by atoms with Gasteiger partial charge in [0, 0.05) is 30.5 Å². The molecule has 0 bridgehead atoms. The number of hydrogen-bond acceptors (Lipinski definition) is 6. The first-order valence-electron chi connectivity index (χ1n) is 8.06. The predicted octanol–water partition coefficient (Wildman–Crippen LogP) is 1.83. The molecular formula is C15H18F3N3O4S2. The van der Waals surface area contributed by atoms with Crippen LogP contribution in [0.5, 0.6) is 0 Å². The van der Waals surface area contributed by atoms with Crippen LogP contribution in [0.1, 0.15) is 17.0 Å². The number of aliphatic hydroxyl groups is 2. The summed E-state index contributed by atoms with van der Waals surface area (Å²) < 4.78 is 65.1. The Kier molecular flexibility index (Phi) is 5.38. The summed E-state index contributed by atoms with van der Waals surface area (Å²) in [5.41, 5.74) is -1.00. The van der Waals surface area contributed by atoms with E-state index < -0.39 is 28.0 Å². The molecule has 1 aliphatic heterocycles. The number of thiophene rings is 1. The minimum Gasteiger partial charge on any atom is -0.396 e. The highest BCUT2D eigenvalue weighted by Crippen LogP contribution is 2.37. The van der Waals surface area contributed by atoms with Crippen LogP contribution in [-0.2, 0) is 16.2 Å². The summed E-state index contributed by atoms with van der Waals surface area (Å²) in [6, 6.07) is 2.13. The SMILES string of the molecule is Cc1sc(-c2cc(C(F)(F)F)[nH]n2)cc1S(=O)(=O)N1CC[C@H](CO)[C@H](O)C1. The Morgan fingerprint density at radius 2 is 2.11 bits per heavy atom. The number of piperidine rings is 1. The zero-order valence-corrected chi connectivity index (χ0v) is 15.8. The summed E-state index contributed by atoms with van der Waals surface area (Å²) in [5, 5.41) is 24.7. The van der Waals surface area contributed by atoms with Crippen molar-refractivity contribution >= 4 is 21.4 Å². The minimum absolute atomic E-state index is 0.0101. The lowest BCUT2D eigenvalue weighted by Gasteiger charge is -2.34. The Morgan fingerprint density at radius 3 is 2.67 bits per heavy atom. The number of aliphatic hydroxyl groups excluding tert-OH is 2. The van der Waals surface area contributed by atoms with E-state index in [1.165, 1.54) is 6.07 Å². The number of H-pyrrole nitrogens is 1. The van der Waals surface area contributed by atoms with E-state index in [1.807, 2.05) is 5.10 Å². The van der Waals surface area contributed by atoms with Crippen LogP contribution in [0.4, 0.5) is 13.2 Å². The van der Waals surface area contributed by atoms with E-state index >= 15 is 0 Å². The monoisotopic (exact) mass is 425 g/mol. The first-order valence-corrected chi connectivity index (χ1v) is 10.3. The van der Waals surface area contributed by atoms with E-state index in [0.717, 1.165) is 21.7 Å². The third-order valence-corrected chi connectivity index (χ3v) is 7.74. The Balaban J connectivity index is 1.89. The quantitative estimate of drug-likeness (QED) is 0.693. The van der Waals surface area contributed by atoms with Crippen LogP contribution in [0.15, 0.2) is 17.0 Å². The molecule has 150 valence electrons. The van der Waals surface area contributed by atoms with Gasteiger partial charge in [0.15, 0.2) is 0 Å². The Hall–Kier alpha value is -1.47. The van der Waals surface area contributed by atoms with Crippen LogP contribution >= 0.6 is 11.3 Å². The summed E-state index contributed by atoms with van der Waals surface area (Å²) in [5.74, 6) is -0.375. The van der Waals surface area contributed by atoms with E-state index in [1.54, 1.807) is 6.92 Å². The molecule has 7 nitrogen and oxygen atoms in total. The zero-order valence-electron chi connectivity index (χ0n) is 14.2. The van der Waals surface area contributed by atoms with Crippen molar-refractivity contribution in [2.24, 2.45) is 5.92 Å². The van der Waals surface area contributed by atoms with Crippen molar-refractivity contribution in [1.82, 2.24) is 14.5 Å². The molecule has 0 saturated carbocycles. The van der Waals surface area contributed by atoms with Gasteiger partial charge in [-0.25, -0.2) is 8.42 Å². The lowest BCUT2D eigenvalue weighted by atomic mass is 9.96. The van der Waals surface area contributed by atoms with Crippen molar-refractivity contribution in [2.75, 3.05) is 19.7 Å². The van der Waals surface area contributed by atoms with E-state index in [-0.39, 0.29) is 36.2 Å². The van der Waals surface area contributed by atoms with Gasteiger partial charge in [0.2, 0.25) is 10.0 Å². The fourth-order valence-corrected chi connectivity index (χ4v) is 5.96. The average Bonchev–Trinajstić information content (AvgIpc) is 3.21. The van der Waals surface area contributed by atoms with Crippen LogP contribution < -0.4 is 0 Å². The summed E-state index contributed by atoms with van der Waals surface area (Å²) in [7, 11) is -3.92. The maximum atomic E-state index is 12.9. The van der Waals surface area contributed by atoms with Crippen molar-refractivity contribution < 1.29 is 31.8 Å². The van der Waals surface area contributed by atoms with E-state index in [9.17, 15) is 31.8 Å². The maximum absolute atomic E-state index is 12.9. The van der Waals surface area contributed by atoms with Crippen LogP contribution in [0.3, 0.4) is 0 Å². The van der Waals surface area contributed by atoms with Crippen LogP contribution in [0, 0.1) is 12.8 Å². The number of rotatable bonds is 4. The molecule has 0 aromatic carbocycles. The van der Waals surface area contributed by atoms with Crippen molar-refractivity contribution in [3.63, 3.8) is 0 Å². The first kappa shape index (κ1) is 20.3. The molecule has 3 heterocycles. The molecule has 2 aromatic rings. The number of hydrogen-bond donors (Lipinski definition) is 3. The molecule has 1 fully saturated rings. The van der Waals surface area contributed by atoms with Gasteiger partial charge in [0.1, 0.15) is 11.4 Å². The molecule has 1 aliphatic rings. The second kappa shape index (κ2) is 7.17. The average molecular weight is 425 g/mol. The van der Waals surface area contributed by atoms with Gasteiger partial charge in [0.25, 0.3) is 0 Å². The standard InChI is InChI=1S/C15H18F3N3O4S2/c1-8-13(27(24,25)21-3-2-9(7-22)11(23)6-21)5-12(26-8)10-4-14(20-19-10)15(16,17)18/h4-5,9,11,22-23H,2-3,6-7H2,1H3,(H,19,20)/t9-,11-/m1/s1. The molecule has 3 N–H and O–H groups in total. The number of β-amino-alcohol motifs (C(OH)–C–C–N with tert-alkyl or cyclic N) is 1. The van der Waals surface area contributed by atoms with Crippen LogP contribution in [0.2, 0.25) is 0 Å². The third kappa shape index (κ3) is 3.90. The predicted molar refractivity (Wildman–Crippen MR) is 91.6 cm³/mol. The molecule has 2 aromatic heterocycles. The van der Waals surface area contributed by atoms with Gasteiger partial charge in [-0.1, -0.05) is 0 Å². The maximum Gasteiger partial charge on any atom is 0.432 e. The molecule has 27 heavy (non-hydrogen) atoms. The summed E-state index contributed by atoms with van der Waals surface area (Å²) in [4.78, 5) is 0.692. The highest BCUT2D eigenvalue weighted by atomic mass is 32.2. The zero-order chi connectivity index (χ0) is 20.0. The van der Waals surface area contributed by atoms with E-state index in [0.29, 0.717) is 16.2 Å². The van der Waals surface area contributed by atoms with Crippen molar-refractivity contribution in [3.8, 4) is 10.6 Å². The van der Waals surface area contributed by atoms with Gasteiger partial charge in [-0.05, 0) is 25.5 Å². The lowest BCUT2D eigenvalue weighted by Crippen LogP contribution is -2.47. The number of nitrogens with zero attached hydrogens (tertiary/aromatic N) is 2. The summed E-state index contributed by atoms with van der Waals surface area (Å²) in [6.45, 7) is 1.35. The number of sulfonamides is 1. The Morgan fingerprint density at radius 1 is 1.41 bits per heavy atom. The van der Waals surface area contributed by atoms with Gasteiger partial charge >= 0.3 is 6.18 Å². The Bertz CT molecular complexity index is 923. The molecule has 0 aliphatic carbocycles. The largest absolute Gasteiger partial charge is 0.432 e. The fraction of sp³-hybridized carbons (Fsp3) is 0.533. The van der Waals surface area contributed by atoms with Crippen molar-refractivity contribution in [2.45, 2.75) is 30.5 Å².